The summed E-state index contributed by atoms with van der Waals surface area (Å²) in [5, 5.41) is 0. The van der Waals surface area contributed by atoms with Gasteiger partial charge in [-0.2, -0.15) is 0 Å². The summed E-state index contributed by atoms with van der Waals surface area (Å²) in [6, 6.07) is 0. The Labute approximate surface area is 147 Å². The molecule has 0 amide bonds. The molecule has 0 unspecified atom stereocenters. The predicted molar refractivity (Wildman–Crippen MR) is 108 cm³/mol. The van der Waals surface area contributed by atoms with Crippen LogP contribution in [0.4, 0.5) is 0 Å². The average molecular weight is 323 g/mol. The van der Waals surface area contributed by atoms with Gasteiger partial charge in [-0.15, -0.1) is 0 Å². The van der Waals surface area contributed by atoms with Gasteiger partial charge in [-0.3, -0.25) is 9.98 Å². The van der Waals surface area contributed by atoms with Gasteiger partial charge in [-0.1, -0.05) is 37.5 Å². The molecule has 0 bridgehead atoms. The van der Waals surface area contributed by atoms with Gasteiger partial charge < -0.3 is 5.73 Å². The van der Waals surface area contributed by atoms with E-state index in [0.717, 1.165) is 40.1 Å². The van der Waals surface area contributed by atoms with Crippen molar-refractivity contribution in [3.05, 3.63) is 58.6 Å². The number of nitrogens with zero attached hydrogens (tertiary/aromatic N) is 2. The molecule has 0 aromatic rings. The lowest BCUT2D eigenvalue weighted by Crippen LogP contribution is -2.08. The van der Waals surface area contributed by atoms with Crippen LogP contribution in [0, 0.1) is 11.8 Å². The monoisotopic (exact) mass is 323 g/mol. The quantitative estimate of drug-likeness (QED) is 0.412. The summed E-state index contributed by atoms with van der Waals surface area (Å²) in [4.78, 5) is 8.42. The summed E-state index contributed by atoms with van der Waals surface area (Å²) >= 11 is 0. The Kier molecular flexibility index (Phi) is 10.6. The molecular weight excluding hydrogens is 294 g/mol. The molecule has 3 nitrogen and oxygen atoms in total. The molecule has 0 saturated carbocycles. The fourth-order valence-corrected chi connectivity index (χ4v) is 1.93. The molecule has 24 heavy (non-hydrogen) atoms. The SMILES string of the molecule is C=CN=C/C(C#CC(=C/C)/C(C(N)=C(C)CC)=C(\C)N=CC)=C\C. The van der Waals surface area contributed by atoms with E-state index in [1.54, 1.807) is 12.4 Å². The lowest BCUT2D eigenvalue weighted by molar-refractivity contribution is 1.04. The summed E-state index contributed by atoms with van der Waals surface area (Å²) in [6.45, 7) is 15.4. The highest BCUT2D eigenvalue weighted by Crippen LogP contribution is 2.24. The maximum atomic E-state index is 6.38. The third-order valence-electron chi connectivity index (χ3n) is 3.47. The van der Waals surface area contributed by atoms with E-state index in [0.29, 0.717) is 0 Å². The number of aliphatic imine (C=N–C) groups is 2. The van der Waals surface area contributed by atoms with Gasteiger partial charge in [0.2, 0.25) is 0 Å². The topological polar surface area (TPSA) is 50.7 Å². The van der Waals surface area contributed by atoms with Crippen molar-refractivity contribution in [2.45, 2.75) is 48.0 Å². The van der Waals surface area contributed by atoms with Gasteiger partial charge in [-0.05, 0) is 46.6 Å². The number of hydrogen-bond donors (Lipinski definition) is 1. The molecule has 0 rings (SSSR count). The van der Waals surface area contributed by atoms with Gasteiger partial charge in [0.05, 0.1) is 0 Å². The highest BCUT2D eigenvalue weighted by atomic mass is 14.7. The van der Waals surface area contributed by atoms with Crippen LogP contribution in [0.5, 0.6) is 0 Å². The number of nitrogens with two attached hydrogens (primary N) is 1. The van der Waals surface area contributed by atoms with Crippen LogP contribution in [-0.2, 0) is 0 Å². The van der Waals surface area contributed by atoms with Crippen LogP contribution in [0.2, 0.25) is 0 Å². The van der Waals surface area contributed by atoms with Crippen LogP contribution >= 0.6 is 0 Å². The molecule has 0 aliphatic rings. The lowest BCUT2D eigenvalue weighted by atomic mass is 9.97. The zero-order valence-corrected chi connectivity index (χ0v) is 15.8. The van der Waals surface area contributed by atoms with Crippen LogP contribution in [0.3, 0.4) is 0 Å². The third-order valence-corrected chi connectivity index (χ3v) is 3.47. The average Bonchev–Trinajstić information content (AvgIpc) is 2.59. The fraction of sp³-hybridized carbons (Fsp3) is 0.333. The van der Waals surface area contributed by atoms with E-state index < -0.39 is 0 Å². The van der Waals surface area contributed by atoms with Crippen molar-refractivity contribution >= 4 is 12.4 Å². The van der Waals surface area contributed by atoms with Crippen LogP contribution < -0.4 is 5.73 Å². The van der Waals surface area contributed by atoms with E-state index in [9.17, 15) is 0 Å². The summed E-state index contributed by atoms with van der Waals surface area (Å²) < 4.78 is 0. The molecule has 0 spiro atoms. The Morgan fingerprint density at radius 2 is 1.79 bits per heavy atom. The highest BCUT2D eigenvalue weighted by molar-refractivity contribution is 5.85. The van der Waals surface area contributed by atoms with E-state index in [4.69, 9.17) is 5.73 Å². The molecular formula is C21H29N3. The summed E-state index contributed by atoms with van der Waals surface area (Å²) in [5.41, 5.74) is 11.7. The van der Waals surface area contributed by atoms with Crippen molar-refractivity contribution in [1.82, 2.24) is 0 Å². The Bertz CT molecular complexity index is 684. The van der Waals surface area contributed by atoms with E-state index in [1.165, 1.54) is 6.20 Å². The van der Waals surface area contributed by atoms with Crippen molar-refractivity contribution in [1.29, 1.82) is 0 Å². The first-order chi connectivity index (χ1) is 11.5. The highest BCUT2D eigenvalue weighted by Gasteiger charge is 2.12. The lowest BCUT2D eigenvalue weighted by Gasteiger charge is -2.13. The van der Waals surface area contributed by atoms with Gasteiger partial charge in [0.15, 0.2) is 0 Å². The Morgan fingerprint density at radius 3 is 2.25 bits per heavy atom. The van der Waals surface area contributed by atoms with Gasteiger partial charge >= 0.3 is 0 Å². The van der Waals surface area contributed by atoms with E-state index in [2.05, 4.69) is 35.3 Å². The van der Waals surface area contributed by atoms with Crippen molar-refractivity contribution in [2.24, 2.45) is 15.7 Å². The predicted octanol–water partition coefficient (Wildman–Crippen LogP) is 5.10. The molecule has 2 N–H and O–H groups in total. The van der Waals surface area contributed by atoms with Crippen LogP contribution in [0.25, 0.3) is 0 Å². The molecule has 0 atom stereocenters. The van der Waals surface area contributed by atoms with Gasteiger partial charge in [0.1, 0.15) is 0 Å². The number of rotatable bonds is 6. The molecule has 0 radical (unpaired) electrons. The minimum atomic E-state index is 0.741. The van der Waals surface area contributed by atoms with Crippen molar-refractivity contribution in [2.75, 3.05) is 0 Å². The maximum Gasteiger partial charge on any atom is 0.0473 e. The normalized spacial score (nSPS) is 15.1. The smallest absolute Gasteiger partial charge is 0.0473 e. The van der Waals surface area contributed by atoms with E-state index in [-0.39, 0.29) is 0 Å². The molecule has 0 aliphatic heterocycles. The van der Waals surface area contributed by atoms with Gasteiger partial charge in [0, 0.05) is 46.7 Å². The van der Waals surface area contributed by atoms with Crippen LogP contribution in [0.1, 0.15) is 48.0 Å². The molecule has 0 saturated heterocycles. The van der Waals surface area contributed by atoms with Gasteiger partial charge in [-0.25, -0.2) is 0 Å². The molecule has 0 aromatic carbocycles. The summed E-state index contributed by atoms with van der Waals surface area (Å²) in [6.07, 6.45) is 9.69. The molecule has 0 fully saturated rings. The Morgan fingerprint density at radius 1 is 1.12 bits per heavy atom. The molecule has 128 valence electrons. The first kappa shape index (κ1) is 21.4. The van der Waals surface area contributed by atoms with Crippen molar-refractivity contribution in [3.63, 3.8) is 0 Å². The molecule has 0 heterocycles. The number of allylic oxidation sites excluding steroid dienone is 6. The second-order valence-corrected chi connectivity index (χ2v) is 5.05. The Hall–Kier alpha value is -2.60. The van der Waals surface area contributed by atoms with Gasteiger partial charge in [0.25, 0.3) is 0 Å². The minimum absolute atomic E-state index is 0.741. The first-order valence-electron chi connectivity index (χ1n) is 8.10. The standard InChI is InChI=1S/C21H29N3/c1-8-16(6)21(22)20(17(7)24-12-5)19(10-3)14-13-18(9-2)15-23-11-4/h9-12,15H,4,8,22H2,1-3,5-7H3/b18-9-,19-10-,20-17-,21-16?,23-15?,24-12?. The number of hydrogen-bond acceptors (Lipinski definition) is 3. The molecule has 3 heteroatoms. The Balaban J connectivity index is 6.19. The minimum Gasteiger partial charge on any atom is -0.398 e. The zero-order chi connectivity index (χ0) is 18.5. The van der Waals surface area contributed by atoms with Crippen molar-refractivity contribution in [3.8, 4) is 11.8 Å². The second kappa shape index (κ2) is 11.9. The zero-order valence-electron chi connectivity index (χ0n) is 15.8. The first-order valence-corrected chi connectivity index (χ1v) is 8.10. The molecule has 0 aliphatic carbocycles. The largest absolute Gasteiger partial charge is 0.398 e. The third kappa shape index (κ3) is 6.66. The molecule has 0 aromatic heterocycles. The fourth-order valence-electron chi connectivity index (χ4n) is 1.93. The second-order valence-electron chi connectivity index (χ2n) is 5.05. The van der Waals surface area contributed by atoms with Crippen molar-refractivity contribution < 1.29 is 0 Å². The summed E-state index contributed by atoms with van der Waals surface area (Å²) in [5.74, 6) is 6.33. The summed E-state index contributed by atoms with van der Waals surface area (Å²) in [7, 11) is 0. The van der Waals surface area contributed by atoms with Crippen LogP contribution in [-0.4, -0.2) is 12.4 Å². The maximum absolute atomic E-state index is 6.38. The van der Waals surface area contributed by atoms with E-state index >= 15 is 0 Å². The van der Waals surface area contributed by atoms with E-state index in [1.807, 2.05) is 46.8 Å². The van der Waals surface area contributed by atoms with Crippen LogP contribution in [0.15, 0.2) is 68.6 Å².